The first-order valence-corrected chi connectivity index (χ1v) is 9.45. The van der Waals surface area contributed by atoms with E-state index in [9.17, 15) is 8.42 Å². The Morgan fingerprint density at radius 2 is 1.94 bits per heavy atom. The fourth-order valence-corrected chi connectivity index (χ4v) is 3.44. The van der Waals surface area contributed by atoms with E-state index in [1.807, 2.05) is 11.8 Å². The van der Waals surface area contributed by atoms with E-state index in [0.29, 0.717) is 19.1 Å². The van der Waals surface area contributed by atoms with Crippen LogP contribution >= 0.6 is 11.8 Å². The molecular weight excluding hydrogens is 256 g/mol. The van der Waals surface area contributed by atoms with Gasteiger partial charge in [0.25, 0.3) is 0 Å². The van der Waals surface area contributed by atoms with Crippen molar-refractivity contribution < 1.29 is 8.42 Å². The van der Waals surface area contributed by atoms with Crippen molar-refractivity contribution in [2.24, 2.45) is 0 Å². The smallest absolute Gasteiger partial charge is 0.211 e. The lowest BCUT2D eigenvalue weighted by Crippen LogP contribution is -2.44. The first kappa shape index (κ1) is 15.3. The van der Waals surface area contributed by atoms with Crippen LogP contribution in [0.1, 0.15) is 25.7 Å². The maximum absolute atomic E-state index is 11.3. The van der Waals surface area contributed by atoms with Crippen LogP contribution in [0.5, 0.6) is 0 Å². The van der Waals surface area contributed by atoms with E-state index in [2.05, 4.69) is 11.6 Å². The van der Waals surface area contributed by atoms with Crippen molar-refractivity contribution >= 4 is 21.8 Å². The summed E-state index contributed by atoms with van der Waals surface area (Å²) in [6, 6.07) is 0.502. The van der Waals surface area contributed by atoms with Crippen LogP contribution in [0, 0.1) is 0 Å². The van der Waals surface area contributed by atoms with Gasteiger partial charge in [-0.3, -0.25) is 0 Å². The fraction of sp³-hybridized carbons (Fsp3) is 1.00. The molecule has 0 spiro atoms. The molecule has 0 bridgehead atoms. The lowest BCUT2D eigenvalue weighted by Gasteiger charge is -2.30. The zero-order chi connectivity index (χ0) is 12.7. The van der Waals surface area contributed by atoms with Gasteiger partial charge in [0.15, 0.2) is 0 Å². The van der Waals surface area contributed by atoms with Gasteiger partial charge in [-0.2, -0.15) is 11.8 Å². The van der Waals surface area contributed by atoms with Crippen molar-refractivity contribution in [3.8, 4) is 0 Å². The van der Waals surface area contributed by atoms with Gasteiger partial charge in [-0.15, -0.1) is 0 Å². The van der Waals surface area contributed by atoms with Gasteiger partial charge in [-0.1, -0.05) is 0 Å². The molecule has 1 aliphatic rings. The Balaban J connectivity index is 2.11. The zero-order valence-electron chi connectivity index (χ0n) is 10.8. The van der Waals surface area contributed by atoms with Gasteiger partial charge in [0.05, 0.1) is 6.26 Å². The molecule has 0 unspecified atom stereocenters. The average Bonchev–Trinajstić information content (AvgIpc) is 2.28. The first-order chi connectivity index (χ1) is 8.04. The van der Waals surface area contributed by atoms with Gasteiger partial charge in [0.2, 0.25) is 10.0 Å². The Hall–Kier alpha value is 0.220. The minimum absolute atomic E-state index is 0.502. The minimum atomic E-state index is -2.98. The van der Waals surface area contributed by atoms with Crippen LogP contribution in [0.3, 0.4) is 0 Å². The maximum atomic E-state index is 11.3. The summed E-state index contributed by atoms with van der Waals surface area (Å²) < 4.78 is 24.2. The summed E-state index contributed by atoms with van der Waals surface area (Å²) >= 11 is 1.89. The molecule has 0 aromatic heterocycles. The molecule has 0 aromatic rings. The maximum Gasteiger partial charge on any atom is 0.211 e. The van der Waals surface area contributed by atoms with Crippen molar-refractivity contribution in [2.45, 2.75) is 31.7 Å². The Morgan fingerprint density at radius 3 is 2.47 bits per heavy atom. The molecule has 102 valence electrons. The van der Waals surface area contributed by atoms with E-state index in [1.54, 1.807) is 4.31 Å². The van der Waals surface area contributed by atoms with E-state index >= 15 is 0 Å². The van der Waals surface area contributed by atoms with E-state index in [-0.39, 0.29) is 0 Å². The summed E-state index contributed by atoms with van der Waals surface area (Å²) in [6.45, 7) is 2.40. The lowest BCUT2D eigenvalue weighted by molar-refractivity contribution is 0.290. The zero-order valence-corrected chi connectivity index (χ0v) is 12.4. The Morgan fingerprint density at radius 1 is 1.29 bits per heavy atom. The second-order valence-electron chi connectivity index (χ2n) is 4.59. The van der Waals surface area contributed by atoms with Gasteiger partial charge in [0.1, 0.15) is 0 Å². The molecule has 1 aliphatic heterocycles. The van der Waals surface area contributed by atoms with E-state index in [4.69, 9.17) is 0 Å². The molecule has 6 heteroatoms. The Kier molecular flexibility index (Phi) is 6.84. The second-order valence-corrected chi connectivity index (χ2v) is 7.56. The summed E-state index contributed by atoms with van der Waals surface area (Å²) in [7, 11) is -2.98. The van der Waals surface area contributed by atoms with Crippen LogP contribution < -0.4 is 5.32 Å². The predicted molar refractivity (Wildman–Crippen MR) is 75.1 cm³/mol. The first-order valence-electron chi connectivity index (χ1n) is 6.21. The highest BCUT2D eigenvalue weighted by Gasteiger charge is 2.24. The third-order valence-electron chi connectivity index (χ3n) is 3.13. The lowest BCUT2D eigenvalue weighted by atomic mass is 10.1. The number of unbranched alkanes of at least 4 members (excludes halogenated alkanes) is 1. The molecule has 0 amide bonds. The number of nitrogens with zero attached hydrogens (tertiary/aromatic N) is 1. The summed E-state index contributed by atoms with van der Waals surface area (Å²) in [5.74, 6) is 1.23. The van der Waals surface area contributed by atoms with Crippen LogP contribution in [-0.2, 0) is 10.0 Å². The monoisotopic (exact) mass is 280 g/mol. The van der Waals surface area contributed by atoms with Crippen LogP contribution in [0.15, 0.2) is 0 Å². The van der Waals surface area contributed by atoms with Gasteiger partial charge < -0.3 is 5.32 Å². The van der Waals surface area contributed by atoms with Crippen LogP contribution in [0.2, 0.25) is 0 Å². The normalized spacial score (nSPS) is 19.6. The molecule has 0 atom stereocenters. The number of piperidine rings is 1. The number of hydrogen-bond donors (Lipinski definition) is 1. The Bertz CT molecular complexity index is 299. The minimum Gasteiger partial charge on any atom is -0.314 e. The van der Waals surface area contributed by atoms with E-state index in [0.717, 1.165) is 19.4 Å². The van der Waals surface area contributed by atoms with Gasteiger partial charge >= 0.3 is 0 Å². The van der Waals surface area contributed by atoms with Gasteiger partial charge in [-0.05, 0) is 44.2 Å². The van der Waals surface area contributed by atoms with Gasteiger partial charge in [-0.25, -0.2) is 12.7 Å². The molecule has 1 saturated heterocycles. The third-order valence-corrected chi connectivity index (χ3v) is 5.13. The highest BCUT2D eigenvalue weighted by Crippen LogP contribution is 2.13. The molecule has 1 fully saturated rings. The molecule has 0 radical (unpaired) electrons. The van der Waals surface area contributed by atoms with Crippen LogP contribution in [0.25, 0.3) is 0 Å². The largest absolute Gasteiger partial charge is 0.314 e. The Labute approximate surface area is 110 Å². The highest BCUT2D eigenvalue weighted by atomic mass is 32.2. The second kappa shape index (κ2) is 7.61. The van der Waals surface area contributed by atoms with E-state index < -0.39 is 10.0 Å². The summed E-state index contributed by atoms with van der Waals surface area (Å²) in [5.41, 5.74) is 0. The summed E-state index contributed by atoms with van der Waals surface area (Å²) in [4.78, 5) is 0. The molecule has 0 aromatic carbocycles. The molecule has 17 heavy (non-hydrogen) atoms. The highest BCUT2D eigenvalue weighted by molar-refractivity contribution is 7.98. The van der Waals surface area contributed by atoms with Crippen LogP contribution in [-0.4, -0.2) is 56.7 Å². The van der Waals surface area contributed by atoms with Gasteiger partial charge in [0, 0.05) is 19.1 Å². The molecule has 1 heterocycles. The molecule has 4 nitrogen and oxygen atoms in total. The summed E-state index contributed by atoms with van der Waals surface area (Å²) in [6.07, 6.45) is 7.78. The SMILES string of the molecule is CSCCCCNC1CCN(S(C)(=O)=O)CC1. The molecular formula is C11H24N2O2S2. The quantitative estimate of drug-likeness (QED) is 0.711. The topological polar surface area (TPSA) is 49.4 Å². The number of sulfonamides is 1. The standard InChI is InChI=1S/C11H24N2O2S2/c1-16-10-4-3-7-12-11-5-8-13(9-6-11)17(2,14)15/h11-12H,3-10H2,1-2H3. The third kappa shape index (κ3) is 6.08. The molecule has 0 saturated carbocycles. The average molecular weight is 280 g/mol. The van der Waals surface area contributed by atoms with Crippen LogP contribution in [0.4, 0.5) is 0 Å². The fourth-order valence-electron chi connectivity index (χ4n) is 2.07. The molecule has 1 rings (SSSR count). The van der Waals surface area contributed by atoms with Crippen molar-refractivity contribution in [1.82, 2.24) is 9.62 Å². The van der Waals surface area contributed by atoms with Crippen molar-refractivity contribution in [3.05, 3.63) is 0 Å². The number of thioether (sulfide) groups is 1. The molecule has 0 aliphatic carbocycles. The number of nitrogens with one attached hydrogen (secondary N) is 1. The summed E-state index contributed by atoms with van der Waals surface area (Å²) in [5, 5.41) is 3.52. The van der Waals surface area contributed by atoms with Crippen molar-refractivity contribution in [1.29, 1.82) is 0 Å². The van der Waals surface area contributed by atoms with Crippen molar-refractivity contribution in [3.63, 3.8) is 0 Å². The predicted octanol–water partition coefficient (Wildman–Crippen LogP) is 1.14. The number of rotatable bonds is 7. The van der Waals surface area contributed by atoms with E-state index in [1.165, 1.54) is 24.9 Å². The molecule has 1 N–H and O–H groups in total. The number of hydrogen-bond acceptors (Lipinski definition) is 4. The van der Waals surface area contributed by atoms with Crippen molar-refractivity contribution in [2.75, 3.05) is 37.9 Å².